The van der Waals surface area contributed by atoms with Crippen LogP contribution in [0, 0.1) is 0 Å². The first kappa shape index (κ1) is 15.0. The van der Waals surface area contributed by atoms with Crippen LogP contribution in [0.15, 0.2) is 36.4 Å². The van der Waals surface area contributed by atoms with Crippen LogP contribution in [0.25, 0.3) is 0 Å². The standard InChI is InChI=1S/C15H15ClN2O3/c1-20-11-5-9(6-12(8-11)21-2)15(19)18-14-7-10(16)3-4-13(14)17/h3-8H,17H2,1-2H3,(H,18,19). The van der Waals surface area contributed by atoms with E-state index in [0.29, 0.717) is 33.5 Å². The molecule has 21 heavy (non-hydrogen) atoms. The van der Waals surface area contributed by atoms with E-state index >= 15 is 0 Å². The number of nitrogens with two attached hydrogens (primary N) is 1. The van der Waals surface area contributed by atoms with Crippen molar-refractivity contribution in [2.75, 3.05) is 25.3 Å². The lowest BCUT2D eigenvalue weighted by Crippen LogP contribution is -2.13. The van der Waals surface area contributed by atoms with Crippen LogP contribution in [0.2, 0.25) is 5.02 Å². The highest BCUT2D eigenvalue weighted by atomic mass is 35.5. The summed E-state index contributed by atoms with van der Waals surface area (Å²) in [6.45, 7) is 0. The van der Waals surface area contributed by atoms with Crippen LogP contribution < -0.4 is 20.5 Å². The Labute approximate surface area is 127 Å². The summed E-state index contributed by atoms with van der Waals surface area (Å²) in [5, 5.41) is 3.20. The van der Waals surface area contributed by atoms with E-state index in [1.807, 2.05) is 0 Å². The minimum absolute atomic E-state index is 0.332. The van der Waals surface area contributed by atoms with Gasteiger partial charge in [-0.25, -0.2) is 0 Å². The number of carbonyl (C=O) groups excluding carboxylic acids is 1. The molecule has 5 nitrogen and oxygen atoms in total. The topological polar surface area (TPSA) is 73.6 Å². The summed E-state index contributed by atoms with van der Waals surface area (Å²) in [5.41, 5.74) is 7.09. The molecule has 0 aromatic heterocycles. The second kappa shape index (κ2) is 6.37. The number of rotatable bonds is 4. The smallest absolute Gasteiger partial charge is 0.255 e. The van der Waals surface area contributed by atoms with Crippen LogP contribution >= 0.6 is 11.6 Å². The van der Waals surface area contributed by atoms with E-state index in [2.05, 4.69) is 5.32 Å². The molecule has 0 aliphatic rings. The van der Waals surface area contributed by atoms with E-state index in [1.54, 1.807) is 36.4 Å². The molecule has 0 heterocycles. The number of carbonyl (C=O) groups is 1. The van der Waals surface area contributed by atoms with Gasteiger partial charge in [0.1, 0.15) is 11.5 Å². The van der Waals surface area contributed by atoms with Gasteiger partial charge in [-0.3, -0.25) is 4.79 Å². The number of hydrogen-bond acceptors (Lipinski definition) is 4. The Hall–Kier alpha value is -2.40. The number of nitrogens with one attached hydrogen (secondary N) is 1. The lowest BCUT2D eigenvalue weighted by molar-refractivity contribution is 0.102. The maximum absolute atomic E-state index is 12.3. The van der Waals surface area contributed by atoms with Crippen molar-refractivity contribution in [3.63, 3.8) is 0 Å². The quantitative estimate of drug-likeness (QED) is 0.851. The molecular formula is C15H15ClN2O3. The minimum atomic E-state index is -0.332. The molecule has 0 fully saturated rings. The van der Waals surface area contributed by atoms with Crippen molar-refractivity contribution in [2.45, 2.75) is 0 Å². The predicted octanol–water partition coefficient (Wildman–Crippen LogP) is 3.19. The van der Waals surface area contributed by atoms with Crippen LogP contribution in [0.5, 0.6) is 11.5 Å². The molecule has 110 valence electrons. The van der Waals surface area contributed by atoms with Crippen molar-refractivity contribution >= 4 is 28.9 Å². The third kappa shape index (κ3) is 3.58. The number of ether oxygens (including phenoxy) is 2. The van der Waals surface area contributed by atoms with Crippen molar-refractivity contribution in [1.29, 1.82) is 0 Å². The first-order valence-electron chi connectivity index (χ1n) is 6.13. The van der Waals surface area contributed by atoms with Crippen LogP contribution in [0.1, 0.15) is 10.4 Å². The Morgan fingerprint density at radius 3 is 2.29 bits per heavy atom. The summed E-state index contributed by atoms with van der Waals surface area (Å²) in [4.78, 5) is 12.3. The van der Waals surface area contributed by atoms with Gasteiger partial charge >= 0.3 is 0 Å². The molecule has 0 saturated heterocycles. The van der Waals surface area contributed by atoms with Crippen LogP contribution in [0.4, 0.5) is 11.4 Å². The summed E-state index contributed by atoms with van der Waals surface area (Å²) >= 11 is 5.89. The van der Waals surface area contributed by atoms with Crippen LogP contribution in [0.3, 0.4) is 0 Å². The van der Waals surface area contributed by atoms with Gasteiger partial charge in [0.2, 0.25) is 0 Å². The third-order valence-electron chi connectivity index (χ3n) is 2.88. The van der Waals surface area contributed by atoms with E-state index in [1.165, 1.54) is 14.2 Å². The molecule has 2 rings (SSSR count). The van der Waals surface area contributed by atoms with Gasteiger partial charge < -0.3 is 20.5 Å². The van der Waals surface area contributed by atoms with Gasteiger partial charge in [-0.15, -0.1) is 0 Å². The third-order valence-corrected chi connectivity index (χ3v) is 3.11. The van der Waals surface area contributed by atoms with Gasteiger partial charge in [0.05, 0.1) is 25.6 Å². The lowest BCUT2D eigenvalue weighted by atomic mass is 10.1. The monoisotopic (exact) mass is 306 g/mol. The van der Waals surface area contributed by atoms with Gasteiger partial charge in [-0.2, -0.15) is 0 Å². The first-order valence-corrected chi connectivity index (χ1v) is 6.50. The molecular weight excluding hydrogens is 292 g/mol. The maximum Gasteiger partial charge on any atom is 0.255 e. The van der Waals surface area contributed by atoms with Crippen LogP contribution in [-0.4, -0.2) is 20.1 Å². The summed E-state index contributed by atoms with van der Waals surface area (Å²) in [5.74, 6) is 0.721. The van der Waals surface area contributed by atoms with Crippen molar-refractivity contribution in [3.05, 3.63) is 47.0 Å². The van der Waals surface area contributed by atoms with Crippen molar-refractivity contribution in [3.8, 4) is 11.5 Å². The molecule has 0 spiro atoms. The number of benzene rings is 2. The molecule has 0 aliphatic heterocycles. The number of methoxy groups -OCH3 is 2. The molecule has 0 unspecified atom stereocenters. The van der Waals surface area contributed by atoms with E-state index in [-0.39, 0.29) is 5.91 Å². The van der Waals surface area contributed by atoms with Gasteiger partial charge in [0.25, 0.3) is 5.91 Å². The molecule has 2 aromatic rings. The highest BCUT2D eigenvalue weighted by molar-refractivity contribution is 6.31. The average Bonchev–Trinajstić information content (AvgIpc) is 2.50. The Morgan fingerprint density at radius 2 is 1.71 bits per heavy atom. The van der Waals surface area contributed by atoms with E-state index in [9.17, 15) is 4.79 Å². The Morgan fingerprint density at radius 1 is 1.10 bits per heavy atom. The number of hydrogen-bond donors (Lipinski definition) is 2. The summed E-state index contributed by atoms with van der Waals surface area (Å²) in [6, 6.07) is 9.78. The number of nitrogen functional groups attached to an aromatic ring is 1. The summed E-state index contributed by atoms with van der Waals surface area (Å²) < 4.78 is 10.3. The molecule has 0 saturated carbocycles. The Bertz CT molecular complexity index is 652. The van der Waals surface area contributed by atoms with E-state index in [0.717, 1.165) is 0 Å². The SMILES string of the molecule is COc1cc(OC)cc(C(=O)Nc2cc(Cl)ccc2N)c1. The van der Waals surface area contributed by atoms with Gasteiger partial charge in [0.15, 0.2) is 0 Å². The van der Waals surface area contributed by atoms with E-state index in [4.69, 9.17) is 26.8 Å². The molecule has 1 amide bonds. The largest absolute Gasteiger partial charge is 0.497 e. The van der Waals surface area contributed by atoms with Crippen molar-refractivity contribution in [2.24, 2.45) is 0 Å². The molecule has 0 aliphatic carbocycles. The van der Waals surface area contributed by atoms with Gasteiger partial charge in [0, 0.05) is 16.7 Å². The Balaban J connectivity index is 2.29. The zero-order valence-corrected chi connectivity index (χ0v) is 12.4. The van der Waals surface area contributed by atoms with Crippen LogP contribution in [-0.2, 0) is 0 Å². The zero-order chi connectivity index (χ0) is 15.4. The fourth-order valence-electron chi connectivity index (χ4n) is 1.77. The second-order valence-electron chi connectivity index (χ2n) is 4.29. The molecule has 6 heteroatoms. The highest BCUT2D eigenvalue weighted by Crippen LogP contribution is 2.26. The molecule has 0 bridgehead atoms. The van der Waals surface area contributed by atoms with Crippen molar-refractivity contribution in [1.82, 2.24) is 0 Å². The second-order valence-corrected chi connectivity index (χ2v) is 4.72. The lowest BCUT2D eigenvalue weighted by Gasteiger charge is -2.11. The molecule has 0 atom stereocenters. The normalized spacial score (nSPS) is 10.0. The minimum Gasteiger partial charge on any atom is -0.497 e. The van der Waals surface area contributed by atoms with E-state index < -0.39 is 0 Å². The van der Waals surface area contributed by atoms with Crippen molar-refractivity contribution < 1.29 is 14.3 Å². The fraction of sp³-hybridized carbons (Fsp3) is 0.133. The molecule has 0 radical (unpaired) electrons. The van der Waals surface area contributed by atoms with Gasteiger partial charge in [-0.1, -0.05) is 11.6 Å². The predicted molar refractivity (Wildman–Crippen MR) is 83.4 cm³/mol. The fourth-order valence-corrected chi connectivity index (χ4v) is 1.94. The summed E-state index contributed by atoms with van der Waals surface area (Å²) in [7, 11) is 3.04. The first-order chi connectivity index (χ1) is 10.0. The molecule has 2 aromatic carbocycles. The molecule has 3 N–H and O–H groups in total. The maximum atomic E-state index is 12.3. The number of amides is 1. The summed E-state index contributed by atoms with van der Waals surface area (Å²) in [6.07, 6.45) is 0. The zero-order valence-electron chi connectivity index (χ0n) is 11.6. The Kier molecular flexibility index (Phi) is 4.55. The average molecular weight is 307 g/mol. The van der Waals surface area contributed by atoms with Gasteiger partial charge in [-0.05, 0) is 30.3 Å². The highest BCUT2D eigenvalue weighted by Gasteiger charge is 2.12. The number of anilines is 2. The number of halogens is 1.